The van der Waals surface area contributed by atoms with Gasteiger partial charge in [-0.1, -0.05) is 54.6 Å². The summed E-state index contributed by atoms with van der Waals surface area (Å²) < 4.78 is 12.5. The number of hydrogen-bond donors (Lipinski definition) is 10. The molecule has 0 unspecified atom stereocenters. The summed E-state index contributed by atoms with van der Waals surface area (Å²) in [5.74, 6) is -3.77. The lowest BCUT2D eigenvalue weighted by molar-refractivity contribution is 0.00635. The lowest BCUT2D eigenvalue weighted by Gasteiger charge is -2.40. The molecule has 6 atom stereocenters. The van der Waals surface area contributed by atoms with E-state index in [9.17, 15) is 51.1 Å². The minimum Gasteiger partial charge on any atom is -0.508 e. The van der Waals surface area contributed by atoms with Gasteiger partial charge in [-0.05, 0) is 70.8 Å². The third-order valence-electron chi connectivity index (χ3n) is 10.4. The quantitative estimate of drug-likeness (QED) is 0.0630. The molecule has 0 bridgehead atoms. The van der Waals surface area contributed by atoms with Gasteiger partial charge in [0.25, 0.3) is 0 Å². The zero-order valence-corrected chi connectivity index (χ0v) is 29.3. The second kappa shape index (κ2) is 14.0. The Morgan fingerprint density at radius 3 is 1.30 bits per heavy atom. The first kappa shape index (κ1) is 36.0. The fourth-order valence-electron chi connectivity index (χ4n) is 7.77. The maximum absolute atomic E-state index is 12.3. The molecule has 2 heterocycles. The van der Waals surface area contributed by atoms with Crippen LogP contribution in [0.5, 0.6) is 57.5 Å². The van der Waals surface area contributed by atoms with E-state index in [0.29, 0.717) is 27.8 Å². The normalized spacial score (nSPS) is 21.5. The van der Waals surface area contributed by atoms with Gasteiger partial charge in [-0.3, -0.25) is 0 Å². The molecule has 2 aliphatic rings. The maximum atomic E-state index is 12.3. The van der Waals surface area contributed by atoms with Crippen molar-refractivity contribution in [1.29, 1.82) is 0 Å². The molecule has 0 aliphatic carbocycles. The van der Waals surface area contributed by atoms with Crippen LogP contribution in [0.3, 0.4) is 0 Å². The minimum atomic E-state index is -1.43. The second-order valence-corrected chi connectivity index (χ2v) is 13.9. The SMILES string of the molecule is Oc1ccc([C@H]2Oc3cc(O)ccc3[C@H](c3c(O)cc(O)c([C@H]4c5ccc(O)cc5O[C@H](c5ccc(O)cc5)[C@@H]4O)c3/C=C/c3ccc(O)c(O)c3)[C@H]2O)cc1. The molecule has 0 radical (unpaired) electrons. The van der Waals surface area contributed by atoms with E-state index in [-0.39, 0.29) is 56.9 Å². The van der Waals surface area contributed by atoms with Crippen LogP contribution in [0.15, 0.2) is 109 Å². The van der Waals surface area contributed by atoms with Crippen molar-refractivity contribution in [3.63, 3.8) is 0 Å². The Hall–Kier alpha value is -7.02. The van der Waals surface area contributed by atoms with Gasteiger partial charge >= 0.3 is 0 Å². The van der Waals surface area contributed by atoms with Crippen LogP contribution in [0.1, 0.15) is 68.6 Å². The Bertz CT molecular complexity index is 2340. The number of aliphatic hydroxyl groups excluding tert-OH is 2. The van der Waals surface area contributed by atoms with Gasteiger partial charge in [0.1, 0.15) is 58.2 Å². The summed E-state index contributed by atoms with van der Waals surface area (Å²) in [7, 11) is 0. The van der Waals surface area contributed by atoms with Crippen LogP contribution in [-0.4, -0.2) is 63.3 Å². The van der Waals surface area contributed by atoms with Crippen molar-refractivity contribution in [2.24, 2.45) is 0 Å². The zero-order chi connectivity index (χ0) is 39.4. The van der Waals surface area contributed by atoms with E-state index < -0.39 is 53.5 Å². The van der Waals surface area contributed by atoms with E-state index >= 15 is 0 Å². The van der Waals surface area contributed by atoms with Gasteiger partial charge in [-0.25, -0.2) is 0 Å². The monoisotopic (exact) mass is 756 g/mol. The molecular formula is C44H36O12. The summed E-state index contributed by atoms with van der Waals surface area (Å²) in [4.78, 5) is 0. The van der Waals surface area contributed by atoms with Gasteiger partial charge in [0.15, 0.2) is 23.7 Å². The molecule has 6 aromatic carbocycles. The average molecular weight is 757 g/mol. The van der Waals surface area contributed by atoms with Crippen molar-refractivity contribution in [2.75, 3.05) is 0 Å². The first-order chi connectivity index (χ1) is 26.9. The Morgan fingerprint density at radius 2 is 0.857 bits per heavy atom. The molecule has 0 spiro atoms. The van der Waals surface area contributed by atoms with E-state index in [4.69, 9.17) is 9.47 Å². The lowest BCUT2D eigenvalue weighted by Crippen LogP contribution is -2.37. The first-order valence-corrected chi connectivity index (χ1v) is 17.6. The van der Waals surface area contributed by atoms with Crippen LogP contribution in [-0.2, 0) is 0 Å². The minimum absolute atomic E-state index is 0.0172. The van der Waals surface area contributed by atoms with Gasteiger partial charge in [0, 0.05) is 52.3 Å². The maximum Gasteiger partial charge on any atom is 0.157 e. The highest BCUT2D eigenvalue weighted by Gasteiger charge is 2.45. The van der Waals surface area contributed by atoms with Crippen LogP contribution in [0, 0.1) is 0 Å². The van der Waals surface area contributed by atoms with E-state index in [2.05, 4.69) is 0 Å². The molecule has 2 aliphatic heterocycles. The number of rotatable bonds is 6. The van der Waals surface area contributed by atoms with Crippen LogP contribution in [0.25, 0.3) is 12.2 Å². The molecule has 0 amide bonds. The Labute approximate surface area is 319 Å². The van der Waals surface area contributed by atoms with Gasteiger partial charge in [-0.15, -0.1) is 0 Å². The van der Waals surface area contributed by atoms with Gasteiger partial charge in [0.05, 0.1) is 0 Å². The van der Waals surface area contributed by atoms with Crippen molar-refractivity contribution in [1.82, 2.24) is 0 Å². The van der Waals surface area contributed by atoms with Crippen molar-refractivity contribution in [3.8, 4) is 57.5 Å². The smallest absolute Gasteiger partial charge is 0.157 e. The first-order valence-electron chi connectivity index (χ1n) is 17.6. The number of aliphatic hydroxyl groups is 2. The van der Waals surface area contributed by atoms with E-state index in [1.54, 1.807) is 48.6 Å². The summed E-state index contributed by atoms with van der Waals surface area (Å²) >= 11 is 0. The number of fused-ring (bicyclic) bond motifs is 2. The highest BCUT2D eigenvalue weighted by atomic mass is 16.5. The molecule has 8 rings (SSSR count). The van der Waals surface area contributed by atoms with Gasteiger partial charge < -0.3 is 60.5 Å². The Balaban J connectivity index is 1.40. The van der Waals surface area contributed by atoms with Gasteiger partial charge in [0.2, 0.25) is 0 Å². The average Bonchev–Trinajstić information content (AvgIpc) is 3.17. The molecule has 12 nitrogen and oxygen atoms in total. The number of phenols is 8. The van der Waals surface area contributed by atoms with E-state index in [0.717, 1.165) is 6.07 Å². The molecule has 56 heavy (non-hydrogen) atoms. The van der Waals surface area contributed by atoms with Gasteiger partial charge in [-0.2, -0.15) is 0 Å². The summed E-state index contributed by atoms with van der Waals surface area (Å²) in [6.45, 7) is 0. The summed E-state index contributed by atoms with van der Waals surface area (Å²) in [6.07, 6.45) is -1.94. The number of hydrogen-bond acceptors (Lipinski definition) is 12. The van der Waals surface area contributed by atoms with Crippen LogP contribution in [0.4, 0.5) is 0 Å². The van der Waals surface area contributed by atoms with E-state index in [1.807, 2.05) is 0 Å². The largest absolute Gasteiger partial charge is 0.508 e. The fourth-order valence-corrected chi connectivity index (χ4v) is 7.77. The highest BCUT2D eigenvalue weighted by Crippen LogP contribution is 2.55. The Kier molecular flexibility index (Phi) is 8.99. The summed E-state index contributed by atoms with van der Waals surface area (Å²) in [6, 6.07) is 25.9. The lowest BCUT2D eigenvalue weighted by atomic mass is 9.73. The molecule has 284 valence electrons. The molecule has 12 heteroatoms. The molecule has 6 aromatic rings. The molecule has 0 aromatic heterocycles. The number of ether oxygens (including phenoxy) is 2. The molecule has 10 N–H and O–H groups in total. The molecular weight excluding hydrogens is 720 g/mol. The topological polar surface area (TPSA) is 221 Å². The highest BCUT2D eigenvalue weighted by molar-refractivity contribution is 5.79. The van der Waals surface area contributed by atoms with Crippen molar-refractivity contribution >= 4 is 12.2 Å². The molecule has 0 saturated heterocycles. The van der Waals surface area contributed by atoms with Crippen molar-refractivity contribution in [2.45, 2.75) is 36.3 Å². The summed E-state index contributed by atoms with van der Waals surface area (Å²) in [5, 5.41) is 110. The van der Waals surface area contributed by atoms with Crippen LogP contribution in [0.2, 0.25) is 0 Å². The predicted octanol–water partition coefficient (Wildman–Crippen LogP) is 6.75. The number of aromatic hydroxyl groups is 8. The van der Waals surface area contributed by atoms with Crippen LogP contribution >= 0.6 is 0 Å². The third kappa shape index (κ3) is 6.36. The standard InChI is InChI=1S/C44H36O12/c45-24-7-3-22(4-8-24)43-41(53)39(28-14-11-26(47)18-35(28)55-43)37-30(13-1-21-2-16-31(49)32(50)17-21)38(34(52)20-33(37)51)40-29-15-12-27(48)19-36(29)56-44(42(40)54)23-5-9-25(46)10-6-23/h1-20,39-54H/b13-1+/t39-,40-,41-,42-,43-,44-/m1/s1. The second-order valence-electron chi connectivity index (χ2n) is 13.9. The Morgan fingerprint density at radius 1 is 0.411 bits per heavy atom. The number of benzene rings is 6. The van der Waals surface area contributed by atoms with E-state index in [1.165, 1.54) is 66.7 Å². The number of phenolic OH excluding ortho intramolecular Hbond substituents is 8. The van der Waals surface area contributed by atoms with Crippen molar-refractivity contribution in [3.05, 3.63) is 154 Å². The van der Waals surface area contributed by atoms with Crippen LogP contribution < -0.4 is 9.47 Å². The zero-order valence-electron chi connectivity index (χ0n) is 29.3. The third-order valence-corrected chi connectivity index (χ3v) is 10.4. The van der Waals surface area contributed by atoms with Crippen molar-refractivity contribution < 1.29 is 60.5 Å². The molecule has 0 fully saturated rings. The fraction of sp³-hybridized carbons (Fsp3) is 0.136. The predicted molar refractivity (Wildman–Crippen MR) is 203 cm³/mol. The summed E-state index contributed by atoms with van der Waals surface area (Å²) in [5.41, 5.74) is 2.43. The molecule has 0 saturated carbocycles.